The summed E-state index contributed by atoms with van der Waals surface area (Å²) in [6, 6.07) is 6.33. The Hall–Kier alpha value is -1.60. The second-order valence-corrected chi connectivity index (χ2v) is 7.37. The summed E-state index contributed by atoms with van der Waals surface area (Å²) < 4.78 is 13.3. The molecule has 0 radical (unpaired) electrons. The number of nitrogens with zero attached hydrogens (tertiary/aromatic N) is 1. The molecule has 0 amide bonds. The Morgan fingerprint density at radius 3 is 2.71 bits per heavy atom. The second kappa shape index (κ2) is 5.65. The summed E-state index contributed by atoms with van der Waals surface area (Å²) in [4.78, 5) is 0. The van der Waals surface area contributed by atoms with E-state index >= 15 is 0 Å². The van der Waals surface area contributed by atoms with Crippen LogP contribution in [-0.4, -0.2) is 17.8 Å². The molecule has 0 spiro atoms. The van der Waals surface area contributed by atoms with Crippen molar-refractivity contribution in [2.24, 2.45) is 10.8 Å². The maximum Gasteiger partial charge on any atom is 0.141 e. The van der Waals surface area contributed by atoms with E-state index in [-0.39, 0.29) is 22.5 Å². The number of aliphatic hydroxyl groups excluding tert-OH is 1. The molecule has 0 heterocycles. The van der Waals surface area contributed by atoms with Gasteiger partial charge in [-0.2, -0.15) is 5.26 Å². The molecule has 3 nitrogen and oxygen atoms in total. The summed E-state index contributed by atoms with van der Waals surface area (Å²) in [5, 5.41) is 22.2. The van der Waals surface area contributed by atoms with Crippen LogP contribution in [0.5, 0.6) is 0 Å². The first kappa shape index (κ1) is 15.8. The molecule has 0 aromatic heterocycles. The molecule has 1 saturated carbocycles. The van der Waals surface area contributed by atoms with E-state index in [1.165, 1.54) is 12.1 Å². The molecule has 1 aromatic carbocycles. The van der Waals surface area contributed by atoms with E-state index in [0.29, 0.717) is 6.54 Å². The Labute approximate surface area is 125 Å². The van der Waals surface area contributed by atoms with E-state index in [2.05, 4.69) is 26.1 Å². The lowest BCUT2D eigenvalue weighted by atomic mass is 9.63. The molecule has 0 aliphatic heterocycles. The quantitative estimate of drug-likeness (QED) is 0.892. The van der Waals surface area contributed by atoms with E-state index in [4.69, 9.17) is 5.26 Å². The highest BCUT2D eigenvalue weighted by Crippen LogP contribution is 2.46. The number of rotatable bonds is 3. The largest absolute Gasteiger partial charge is 0.393 e. The minimum Gasteiger partial charge on any atom is -0.393 e. The number of nitriles is 1. The van der Waals surface area contributed by atoms with Gasteiger partial charge in [-0.25, -0.2) is 4.39 Å². The molecule has 0 bridgehead atoms. The fourth-order valence-electron chi connectivity index (χ4n) is 3.75. The Bertz CT molecular complexity index is 564. The lowest BCUT2D eigenvalue weighted by Crippen LogP contribution is -2.42. The highest BCUT2D eigenvalue weighted by atomic mass is 19.1. The van der Waals surface area contributed by atoms with Gasteiger partial charge in [-0.3, -0.25) is 0 Å². The molecule has 0 saturated heterocycles. The predicted octanol–water partition coefficient (Wildman–Crippen LogP) is 3.69. The van der Waals surface area contributed by atoms with Gasteiger partial charge in [0.25, 0.3) is 0 Å². The summed E-state index contributed by atoms with van der Waals surface area (Å²) in [6.45, 7) is 7.22. The molecule has 2 N–H and O–H groups in total. The van der Waals surface area contributed by atoms with Crippen LogP contribution in [0.4, 0.5) is 10.1 Å². The third-order valence-corrected chi connectivity index (χ3v) is 4.23. The Balaban J connectivity index is 2.07. The average molecular weight is 290 g/mol. The summed E-state index contributed by atoms with van der Waals surface area (Å²) in [5.74, 6) is -0.497. The van der Waals surface area contributed by atoms with Gasteiger partial charge >= 0.3 is 0 Å². The first-order valence-corrected chi connectivity index (χ1v) is 7.35. The summed E-state index contributed by atoms with van der Waals surface area (Å²) in [7, 11) is 0. The number of hydrogen-bond donors (Lipinski definition) is 2. The molecule has 1 aliphatic carbocycles. The van der Waals surface area contributed by atoms with Crippen molar-refractivity contribution in [3.05, 3.63) is 29.6 Å². The smallest absolute Gasteiger partial charge is 0.141 e. The molecule has 2 rings (SSSR count). The fourth-order valence-corrected chi connectivity index (χ4v) is 3.75. The number of halogens is 1. The standard InChI is InChI=1S/C17H23FN2O/c1-16(2)7-14(21)8-17(3,10-16)11-20-13-4-5-15(18)12(6-13)9-19/h4-6,14,20-21H,7-8,10-11H2,1-3H3. The molecule has 2 unspecified atom stereocenters. The van der Waals surface area contributed by atoms with Crippen LogP contribution in [0.3, 0.4) is 0 Å². The molecular formula is C17H23FN2O. The maximum absolute atomic E-state index is 13.3. The van der Waals surface area contributed by atoms with Crippen LogP contribution in [-0.2, 0) is 0 Å². The zero-order valence-corrected chi connectivity index (χ0v) is 12.9. The monoisotopic (exact) mass is 290 g/mol. The van der Waals surface area contributed by atoms with Crippen LogP contribution in [0, 0.1) is 28.0 Å². The molecular weight excluding hydrogens is 267 g/mol. The van der Waals surface area contributed by atoms with E-state index in [0.717, 1.165) is 24.9 Å². The highest BCUT2D eigenvalue weighted by molar-refractivity contribution is 5.50. The van der Waals surface area contributed by atoms with Gasteiger partial charge in [0.2, 0.25) is 0 Å². The fraction of sp³-hybridized carbons (Fsp3) is 0.588. The van der Waals surface area contributed by atoms with Gasteiger partial charge in [0, 0.05) is 12.2 Å². The summed E-state index contributed by atoms with van der Waals surface area (Å²) in [5.41, 5.74) is 0.901. The van der Waals surface area contributed by atoms with Crippen molar-refractivity contribution in [2.45, 2.75) is 46.1 Å². The van der Waals surface area contributed by atoms with Crippen molar-refractivity contribution >= 4 is 5.69 Å². The Kier molecular flexibility index (Phi) is 4.25. The van der Waals surface area contributed by atoms with Gasteiger partial charge in [-0.1, -0.05) is 20.8 Å². The van der Waals surface area contributed by atoms with Crippen molar-refractivity contribution in [1.29, 1.82) is 5.26 Å². The molecule has 1 fully saturated rings. The maximum atomic E-state index is 13.3. The highest BCUT2D eigenvalue weighted by Gasteiger charge is 2.40. The van der Waals surface area contributed by atoms with Gasteiger partial charge in [-0.15, -0.1) is 0 Å². The van der Waals surface area contributed by atoms with E-state index in [9.17, 15) is 9.50 Å². The van der Waals surface area contributed by atoms with Crippen LogP contribution < -0.4 is 5.32 Å². The second-order valence-electron chi connectivity index (χ2n) is 7.37. The SMILES string of the molecule is CC1(C)CC(O)CC(C)(CNc2ccc(F)c(C#N)c2)C1. The minimum atomic E-state index is -0.497. The summed E-state index contributed by atoms with van der Waals surface area (Å²) >= 11 is 0. The van der Waals surface area contributed by atoms with Crippen molar-refractivity contribution in [3.8, 4) is 6.07 Å². The van der Waals surface area contributed by atoms with Crippen LogP contribution in [0.1, 0.15) is 45.6 Å². The third-order valence-electron chi connectivity index (χ3n) is 4.23. The summed E-state index contributed by atoms with van der Waals surface area (Å²) in [6.07, 6.45) is 2.34. The van der Waals surface area contributed by atoms with Crippen LogP contribution in [0.15, 0.2) is 18.2 Å². The number of hydrogen-bond acceptors (Lipinski definition) is 3. The molecule has 21 heavy (non-hydrogen) atoms. The number of nitrogens with one attached hydrogen (secondary N) is 1. The van der Waals surface area contributed by atoms with Gasteiger partial charge in [0.1, 0.15) is 11.9 Å². The van der Waals surface area contributed by atoms with E-state index in [1.807, 2.05) is 6.07 Å². The molecule has 1 aromatic rings. The van der Waals surface area contributed by atoms with Gasteiger partial charge in [0.05, 0.1) is 11.7 Å². The van der Waals surface area contributed by atoms with Crippen molar-refractivity contribution in [3.63, 3.8) is 0 Å². The Morgan fingerprint density at radius 1 is 1.38 bits per heavy atom. The van der Waals surface area contributed by atoms with Crippen molar-refractivity contribution < 1.29 is 9.50 Å². The number of aliphatic hydroxyl groups is 1. The van der Waals surface area contributed by atoms with Gasteiger partial charge in [-0.05, 0) is 48.3 Å². The van der Waals surface area contributed by atoms with Gasteiger partial charge < -0.3 is 10.4 Å². The topological polar surface area (TPSA) is 56.0 Å². The third kappa shape index (κ3) is 3.95. The molecule has 4 heteroatoms. The number of benzene rings is 1. The predicted molar refractivity (Wildman–Crippen MR) is 81.4 cm³/mol. The zero-order chi connectivity index (χ0) is 15.7. The zero-order valence-electron chi connectivity index (χ0n) is 12.9. The minimum absolute atomic E-state index is 0.0115. The van der Waals surface area contributed by atoms with Crippen molar-refractivity contribution in [2.75, 3.05) is 11.9 Å². The molecule has 1 aliphatic rings. The first-order valence-electron chi connectivity index (χ1n) is 7.35. The van der Waals surface area contributed by atoms with E-state index in [1.54, 1.807) is 6.07 Å². The Morgan fingerprint density at radius 2 is 2.10 bits per heavy atom. The first-order chi connectivity index (χ1) is 9.73. The molecule has 114 valence electrons. The average Bonchev–Trinajstić information content (AvgIpc) is 2.35. The van der Waals surface area contributed by atoms with Crippen LogP contribution in [0.2, 0.25) is 0 Å². The normalized spacial score (nSPS) is 27.9. The van der Waals surface area contributed by atoms with E-state index < -0.39 is 5.82 Å². The lowest BCUT2D eigenvalue weighted by molar-refractivity contribution is -0.00317. The lowest BCUT2D eigenvalue weighted by Gasteiger charge is -2.45. The van der Waals surface area contributed by atoms with Crippen LogP contribution >= 0.6 is 0 Å². The van der Waals surface area contributed by atoms with Gasteiger partial charge in [0.15, 0.2) is 0 Å². The van der Waals surface area contributed by atoms with Crippen molar-refractivity contribution in [1.82, 2.24) is 0 Å². The number of anilines is 1. The molecule has 2 atom stereocenters. The van der Waals surface area contributed by atoms with Crippen LogP contribution in [0.25, 0.3) is 0 Å².